The van der Waals surface area contributed by atoms with Crippen LogP contribution in [0.15, 0.2) is 48.5 Å². The summed E-state index contributed by atoms with van der Waals surface area (Å²) in [6.45, 7) is 6.11. The summed E-state index contributed by atoms with van der Waals surface area (Å²) < 4.78 is 0. The third kappa shape index (κ3) is 4.12. The maximum atomic E-state index is 8.86. The monoisotopic (exact) mass is 329 g/mol. The lowest BCUT2D eigenvalue weighted by atomic mass is 10.1. The first-order valence-electron chi connectivity index (χ1n) is 8.00. The van der Waals surface area contributed by atoms with Crippen LogP contribution >= 0.6 is 0 Å². The second-order valence-electron chi connectivity index (χ2n) is 5.96. The van der Waals surface area contributed by atoms with Gasteiger partial charge in [0.1, 0.15) is 5.82 Å². The predicted molar refractivity (Wildman–Crippen MR) is 100 cm³/mol. The molecular weight excluding hydrogens is 310 g/mol. The van der Waals surface area contributed by atoms with Crippen LogP contribution in [-0.2, 0) is 0 Å². The molecule has 0 aliphatic carbocycles. The van der Waals surface area contributed by atoms with Gasteiger partial charge in [0.25, 0.3) is 0 Å². The number of aromatic nitrogens is 2. The number of anilines is 4. The van der Waals surface area contributed by atoms with E-state index in [1.54, 1.807) is 12.1 Å². The maximum absolute atomic E-state index is 8.86. The van der Waals surface area contributed by atoms with Gasteiger partial charge >= 0.3 is 0 Å². The van der Waals surface area contributed by atoms with Crippen molar-refractivity contribution < 1.29 is 0 Å². The molecule has 0 aliphatic rings. The van der Waals surface area contributed by atoms with Gasteiger partial charge in [0, 0.05) is 23.1 Å². The highest BCUT2D eigenvalue weighted by Gasteiger charge is 2.05. The molecule has 0 amide bonds. The van der Waals surface area contributed by atoms with Crippen LogP contribution in [0.3, 0.4) is 0 Å². The van der Waals surface area contributed by atoms with Crippen LogP contribution in [0.1, 0.15) is 22.4 Å². The van der Waals surface area contributed by atoms with Crippen molar-refractivity contribution in [3.63, 3.8) is 0 Å². The summed E-state index contributed by atoms with van der Waals surface area (Å²) in [7, 11) is 0. The standard InChI is InChI=1S/C20H19N5/c1-13-4-7-18(10-14(13)2)23-19-11-15(3)22-20(25-19)24-17-8-5-16(12-21)6-9-17/h4-11H,1-3H3,(H2,22,23,24,25). The van der Waals surface area contributed by atoms with E-state index in [1.807, 2.05) is 31.2 Å². The van der Waals surface area contributed by atoms with Crippen molar-refractivity contribution in [1.82, 2.24) is 9.97 Å². The van der Waals surface area contributed by atoms with Crippen LogP contribution in [0.4, 0.5) is 23.1 Å². The van der Waals surface area contributed by atoms with Crippen molar-refractivity contribution in [2.75, 3.05) is 10.6 Å². The van der Waals surface area contributed by atoms with Crippen LogP contribution in [-0.4, -0.2) is 9.97 Å². The van der Waals surface area contributed by atoms with Gasteiger partial charge in [-0.05, 0) is 68.3 Å². The maximum Gasteiger partial charge on any atom is 0.229 e. The highest BCUT2D eigenvalue weighted by Crippen LogP contribution is 2.21. The van der Waals surface area contributed by atoms with Crippen LogP contribution in [0.5, 0.6) is 0 Å². The fraction of sp³-hybridized carbons (Fsp3) is 0.150. The molecule has 0 atom stereocenters. The minimum Gasteiger partial charge on any atom is -0.340 e. The van der Waals surface area contributed by atoms with Gasteiger partial charge in [-0.25, -0.2) is 4.98 Å². The Morgan fingerprint density at radius 3 is 2.20 bits per heavy atom. The molecule has 1 aromatic heterocycles. The lowest BCUT2D eigenvalue weighted by molar-refractivity contribution is 1.11. The van der Waals surface area contributed by atoms with Gasteiger partial charge in [-0.15, -0.1) is 0 Å². The summed E-state index contributed by atoms with van der Waals surface area (Å²) in [5, 5.41) is 15.4. The Labute approximate surface area is 147 Å². The first-order valence-corrected chi connectivity index (χ1v) is 8.00. The molecule has 0 fully saturated rings. The number of benzene rings is 2. The van der Waals surface area contributed by atoms with Gasteiger partial charge < -0.3 is 10.6 Å². The number of nitrogens with one attached hydrogen (secondary N) is 2. The quantitative estimate of drug-likeness (QED) is 0.722. The van der Waals surface area contributed by atoms with E-state index >= 15 is 0 Å². The van der Waals surface area contributed by atoms with Gasteiger partial charge in [0.2, 0.25) is 5.95 Å². The van der Waals surface area contributed by atoms with E-state index in [0.29, 0.717) is 11.5 Å². The van der Waals surface area contributed by atoms with Crippen molar-refractivity contribution in [1.29, 1.82) is 5.26 Å². The third-order valence-corrected chi connectivity index (χ3v) is 3.90. The first kappa shape index (κ1) is 16.5. The molecule has 0 spiro atoms. The minimum absolute atomic E-state index is 0.510. The number of aryl methyl sites for hydroxylation is 3. The Morgan fingerprint density at radius 2 is 1.52 bits per heavy atom. The zero-order valence-electron chi connectivity index (χ0n) is 14.5. The molecule has 2 aromatic carbocycles. The second-order valence-corrected chi connectivity index (χ2v) is 5.96. The molecule has 0 saturated heterocycles. The van der Waals surface area contributed by atoms with E-state index in [4.69, 9.17) is 5.26 Å². The van der Waals surface area contributed by atoms with E-state index in [0.717, 1.165) is 22.9 Å². The highest BCUT2D eigenvalue weighted by molar-refractivity contribution is 5.61. The SMILES string of the molecule is Cc1cc(Nc2ccc(C)c(C)c2)nc(Nc2ccc(C#N)cc2)n1. The Hall–Kier alpha value is -3.39. The first-order chi connectivity index (χ1) is 12.0. The van der Waals surface area contributed by atoms with E-state index in [9.17, 15) is 0 Å². The predicted octanol–water partition coefficient (Wildman–Crippen LogP) is 4.76. The van der Waals surface area contributed by atoms with Crippen LogP contribution < -0.4 is 10.6 Å². The fourth-order valence-electron chi connectivity index (χ4n) is 2.41. The van der Waals surface area contributed by atoms with Gasteiger partial charge in [0.05, 0.1) is 11.6 Å². The van der Waals surface area contributed by atoms with Crippen molar-refractivity contribution >= 4 is 23.1 Å². The lowest BCUT2D eigenvalue weighted by Crippen LogP contribution is -2.02. The fourth-order valence-corrected chi connectivity index (χ4v) is 2.41. The molecule has 5 nitrogen and oxygen atoms in total. The van der Waals surface area contributed by atoms with Gasteiger partial charge in [-0.2, -0.15) is 10.2 Å². The molecule has 2 N–H and O–H groups in total. The molecular formula is C20H19N5. The highest BCUT2D eigenvalue weighted by atomic mass is 15.1. The number of nitrogens with zero attached hydrogens (tertiary/aromatic N) is 3. The number of rotatable bonds is 4. The van der Waals surface area contributed by atoms with E-state index in [1.165, 1.54) is 11.1 Å². The van der Waals surface area contributed by atoms with Crippen molar-refractivity contribution in [2.45, 2.75) is 20.8 Å². The van der Waals surface area contributed by atoms with Crippen molar-refractivity contribution in [2.24, 2.45) is 0 Å². The molecule has 0 unspecified atom stereocenters. The number of hydrogen-bond acceptors (Lipinski definition) is 5. The minimum atomic E-state index is 0.510. The van der Waals surface area contributed by atoms with Crippen LogP contribution in [0, 0.1) is 32.1 Å². The second kappa shape index (κ2) is 7.02. The Kier molecular flexibility index (Phi) is 4.62. The van der Waals surface area contributed by atoms with Gasteiger partial charge in [-0.3, -0.25) is 0 Å². The molecule has 1 heterocycles. The molecule has 3 rings (SSSR count). The Bertz CT molecular complexity index is 939. The van der Waals surface area contributed by atoms with Gasteiger partial charge in [0.15, 0.2) is 0 Å². The normalized spacial score (nSPS) is 10.2. The summed E-state index contributed by atoms with van der Waals surface area (Å²) in [5.74, 6) is 1.24. The van der Waals surface area contributed by atoms with Crippen molar-refractivity contribution in [3.8, 4) is 6.07 Å². The summed E-state index contributed by atoms with van der Waals surface area (Å²) in [4.78, 5) is 8.94. The van der Waals surface area contributed by atoms with Crippen LogP contribution in [0.25, 0.3) is 0 Å². The molecule has 0 aliphatic heterocycles. The largest absolute Gasteiger partial charge is 0.340 e. The summed E-state index contributed by atoms with van der Waals surface area (Å²) in [5.41, 5.74) is 5.79. The van der Waals surface area contributed by atoms with Gasteiger partial charge in [-0.1, -0.05) is 6.07 Å². The molecule has 0 saturated carbocycles. The summed E-state index contributed by atoms with van der Waals surface area (Å²) in [6, 6.07) is 17.4. The molecule has 5 heteroatoms. The molecule has 25 heavy (non-hydrogen) atoms. The zero-order chi connectivity index (χ0) is 17.8. The van der Waals surface area contributed by atoms with E-state index in [2.05, 4.69) is 52.7 Å². The topological polar surface area (TPSA) is 73.6 Å². The summed E-state index contributed by atoms with van der Waals surface area (Å²) in [6.07, 6.45) is 0. The third-order valence-electron chi connectivity index (χ3n) is 3.90. The molecule has 124 valence electrons. The smallest absolute Gasteiger partial charge is 0.229 e. The zero-order valence-corrected chi connectivity index (χ0v) is 14.5. The van der Waals surface area contributed by atoms with Crippen molar-refractivity contribution in [3.05, 3.63) is 70.9 Å². The molecule has 0 bridgehead atoms. The number of hydrogen-bond donors (Lipinski definition) is 2. The molecule has 0 radical (unpaired) electrons. The Morgan fingerprint density at radius 1 is 0.800 bits per heavy atom. The molecule has 3 aromatic rings. The Balaban J connectivity index is 1.82. The average molecular weight is 329 g/mol. The lowest BCUT2D eigenvalue weighted by Gasteiger charge is -2.11. The average Bonchev–Trinajstić information content (AvgIpc) is 2.58. The van der Waals surface area contributed by atoms with E-state index < -0.39 is 0 Å². The number of nitriles is 1. The van der Waals surface area contributed by atoms with E-state index in [-0.39, 0.29) is 0 Å². The summed E-state index contributed by atoms with van der Waals surface area (Å²) >= 11 is 0. The van der Waals surface area contributed by atoms with Crippen LogP contribution in [0.2, 0.25) is 0 Å².